The minimum atomic E-state index is 0.112. The third-order valence-electron chi connectivity index (χ3n) is 1.38. The Kier molecular flexibility index (Phi) is 4.28. The second-order valence-corrected chi connectivity index (χ2v) is 3.41. The molecule has 0 radical (unpaired) electrons. The van der Waals surface area contributed by atoms with Gasteiger partial charge in [-0.2, -0.15) is 0 Å². The highest BCUT2D eigenvalue weighted by Gasteiger charge is 2.19. The lowest BCUT2D eigenvalue weighted by atomic mass is 10.3. The normalized spacial score (nSPS) is 34.2. The van der Waals surface area contributed by atoms with E-state index in [-0.39, 0.29) is 12.2 Å². The van der Waals surface area contributed by atoms with E-state index in [2.05, 4.69) is 22.6 Å². The van der Waals surface area contributed by atoms with Gasteiger partial charge in [-0.3, -0.25) is 0 Å². The minimum absolute atomic E-state index is 0.112. The molecule has 1 rings (SSSR count). The van der Waals surface area contributed by atoms with Gasteiger partial charge in [-0.25, -0.2) is 0 Å². The minimum Gasteiger partial charge on any atom is -0.372 e. The van der Waals surface area contributed by atoms with E-state index in [1.807, 2.05) is 0 Å². The monoisotopic (exact) mass is 276 g/mol. The molecule has 2 nitrogen and oxygen atoms in total. The molecule has 1 aliphatic heterocycles. The fourth-order valence-electron chi connectivity index (χ4n) is 0.761. The Hall–Kier alpha value is 0.940. The van der Waals surface area contributed by atoms with E-state index < -0.39 is 0 Å². The van der Waals surface area contributed by atoms with Crippen molar-refractivity contribution in [3.05, 3.63) is 0 Å². The molecule has 0 aromatic rings. The Labute approximate surface area is 79.4 Å². The van der Waals surface area contributed by atoms with Gasteiger partial charge in [0, 0.05) is 4.43 Å². The Balaban J connectivity index is 2.17. The van der Waals surface area contributed by atoms with Crippen molar-refractivity contribution >= 4 is 34.2 Å². The maximum absolute atomic E-state index is 5.56. The summed E-state index contributed by atoms with van der Waals surface area (Å²) in [4.78, 5) is 0. The zero-order valence-electron chi connectivity index (χ0n) is 5.56. The summed E-state index contributed by atoms with van der Waals surface area (Å²) in [5.41, 5.74) is 0. The standard InChI is InChI=1S/C6H10ClIO2/c7-1-5-3-10-6(2-8)4-9-5/h5-6H,1-4H2. The SMILES string of the molecule is ClCC1COC(CI)CO1. The van der Waals surface area contributed by atoms with Crippen molar-refractivity contribution in [3.8, 4) is 0 Å². The average molecular weight is 277 g/mol. The smallest absolute Gasteiger partial charge is 0.0944 e. The molecule has 4 heteroatoms. The Bertz CT molecular complexity index is 81.7. The lowest BCUT2D eigenvalue weighted by Gasteiger charge is -2.27. The van der Waals surface area contributed by atoms with Crippen molar-refractivity contribution in [3.63, 3.8) is 0 Å². The van der Waals surface area contributed by atoms with Crippen molar-refractivity contribution in [1.82, 2.24) is 0 Å². The van der Waals surface area contributed by atoms with Crippen LogP contribution in [0, 0.1) is 0 Å². The van der Waals surface area contributed by atoms with Gasteiger partial charge in [0.2, 0.25) is 0 Å². The van der Waals surface area contributed by atoms with Crippen LogP contribution in [-0.4, -0.2) is 35.7 Å². The van der Waals surface area contributed by atoms with Crippen LogP contribution in [0.15, 0.2) is 0 Å². The van der Waals surface area contributed by atoms with Gasteiger partial charge < -0.3 is 9.47 Å². The number of rotatable bonds is 2. The van der Waals surface area contributed by atoms with E-state index in [0.29, 0.717) is 19.1 Å². The van der Waals surface area contributed by atoms with Crippen LogP contribution in [0.2, 0.25) is 0 Å². The van der Waals surface area contributed by atoms with E-state index in [0.717, 1.165) is 4.43 Å². The molecule has 0 aromatic heterocycles. The Morgan fingerprint density at radius 1 is 1.30 bits per heavy atom. The number of hydrogen-bond donors (Lipinski definition) is 0. The van der Waals surface area contributed by atoms with Crippen LogP contribution in [0.25, 0.3) is 0 Å². The summed E-state index contributed by atoms with van der Waals surface area (Å²) in [7, 11) is 0. The summed E-state index contributed by atoms with van der Waals surface area (Å²) in [5.74, 6) is 0.536. The second-order valence-electron chi connectivity index (χ2n) is 2.22. The first kappa shape index (κ1) is 9.03. The second kappa shape index (κ2) is 4.74. The molecule has 10 heavy (non-hydrogen) atoms. The van der Waals surface area contributed by atoms with Gasteiger partial charge in [0.15, 0.2) is 0 Å². The van der Waals surface area contributed by atoms with Gasteiger partial charge in [0.25, 0.3) is 0 Å². The molecular weight excluding hydrogens is 266 g/mol. The summed E-state index contributed by atoms with van der Waals surface area (Å²) in [5, 5.41) is 0. The lowest BCUT2D eigenvalue weighted by Crippen LogP contribution is -2.37. The molecule has 0 bridgehead atoms. The number of halogens is 2. The van der Waals surface area contributed by atoms with Crippen molar-refractivity contribution < 1.29 is 9.47 Å². The summed E-state index contributed by atoms with van der Waals surface area (Å²) in [6.45, 7) is 1.34. The molecule has 0 N–H and O–H groups in total. The summed E-state index contributed by atoms with van der Waals surface area (Å²) >= 11 is 7.85. The molecule has 1 heterocycles. The predicted molar refractivity (Wildman–Crippen MR) is 49.1 cm³/mol. The van der Waals surface area contributed by atoms with Gasteiger partial charge in [-0.15, -0.1) is 11.6 Å². The average Bonchev–Trinajstić information content (AvgIpc) is 2.05. The first-order valence-corrected chi connectivity index (χ1v) is 5.28. The fourth-order valence-corrected chi connectivity index (χ4v) is 1.45. The lowest BCUT2D eigenvalue weighted by molar-refractivity contribution is -0.115. The molecule has 2 atom stereocenters. The molecule has 0 amide bonds. The zero-order chi connectivity index (χ0) is 7.40. The largest absolute Gasteiger partial charge is 0.372 e. The first-order valence-electron chi connectivity index (χ1n) is 3.22. The van der Waals surface area contributed by atoms with E-state index in [4.69, 9.17) is 21.1 Å². The van der Waals surface area contributed by atoms with Crippen LogP contribution < -0.4 is 0 Å². The Morgan fingerprint density at radius 3 is 2.30 bits per heavy atom. The van der Waals surface area contributed by atoms with Crippen LogP contribution in [0.3, 0.4) is 0 Å². The topological polar surface area (TPSA) is 18.5 Å². The van der Waals surface area contributed by atoms with E-state index >= 15 is 0 Å². The summed E-state index contributed by atoms with van der Waals surface area (Å²) in [6.07, 6.45) is 0.390. The van der Waals surface area contributed by atoms with Crippen LogP contribution in [0.4, 0.5) is 0 Å². The van der Waals surface area contributed by atoms with Crippen LogP contribution in [-0.2, 0) is 9.47 Å². The predicted octanol–water partition coefficient (Wildman–Crippen LogP) is 1.44. The zero-order valence-corrected chi connectivity index (χ0v) is 8.47. The Morgan fingerprint density at radius 2 is 1.90 bits per heavy atom. The van der Waals surface area contributed by atoms with Crippen LogP contribution in [0.5, 0.6) is 0 Å². The molecule has 1 saturated heterocycles. The van der Waals surface area contributed by atoms with Crippen LogP contribution in [0.1, 0.15) is 0 Å². The van der Waals surface area contributed by atoms with Gasteiger partial charge >= 0.3 is 0 Å². The summed E-state index contributed by atoms with van der Waals surface area (Å²) < 4.78 is 11.8. The highest BCUT2D eigenvalue weighted by Crippen LogP contribution is 2.10. The van der Waals surface area contributed by atoms with Crippen LogP contribution >= 0.6 is 34.2 Å². The molecule has 1 aliphatic rings. The number of ether oxygens (including phenoxy) is 2. The van der Waals surface area contributed by atoms with Gasteiger partial charge in [-0.05, 0) is 0 Å². The quantitative estimate of drug-likeness (QED) is 0.561. The molecule has 0 saturated carbocycles. The first-order chi connectivity index (χ1) is 4.86. The van der Waals surface area contributed by atoms with E-state index in [1.165, 1.54) is 0 Å². The fraction of sp³-hybridized carbons (Fsp3) is 1.00. The highest BCUT2D eigenvalue weighted by atomic mass is 127. The maximum Gasteiger partial charge on any atom is 0.0944 e. The van der Waals surface area contributed by atoms with Crippen molar-refractivity contribution in [2.24, 2.45) is 0 Å². The summed E-state index contributed by atoms with van der Waals surface area (Å²) in [6, 6.07) is 0. The molecule has 1 fully saturated rings. The number of alkyl halides is 2. The maximum atomic E-state index is 5.56. The molecule has 2 unspecified atom stereocenters. The third kappa shape index (κ3) is 2.53. The third-order valence-corrected chi connectivity index (χ3v) is 2.71. The molecule has 0 aromatic carbocycles. The van der Waals surface area contributed by atoms with Crippen molar-refractivity contribution in [2.45, 2.75) is 12.2 Å². The van der Waals surface area contributed by atoms with E-state index in [9.17, 15) is 0 Å². The highest BCUT2D eigenvalue weighted by molar-refractivity contribution is 14.1. The molecule has 60 valence electrons. The molecule has 0 aliphatic carbocycles. The molecule has 0 spiro atoms. The van der Waals surface area contributed by atoms with Gasteiger partial charge in [0.1, 0.15) is 0 Å². The van der Waals surface area contributed by atoms with Gasteiger partial charge in [-0.1, -0.05) is 22.6 Å². The molecular formula is C6H10ClIO2. The van der Waals surface area contributed by atoms with Crippen molar-refractivity contribution in [2.75, 3.05) is 23.5 Å². The van der Waals surface area contributed by atoms with E-state index in [1.54, 1.807) is 0 Å². The number of hydrogen-bond acceptors (Lipinski definition) is 2. The van der Waals surface area contributed by atoms with Gasteiger partial charge in [0.05, 0.1) is 31.3 Å². The van der Waals surface area contributed by atoms with Crippen molar-refractivity contribution in [1.29, 1.82) is 0 Å².